The highest BCUT2D eigenvalue weighted by molar-refractivity contribution is 7.93. The molecule has 38 heavy (non-hydrogen) atoms. The zero-order valence-electron chi connectivity index (χ0n) is 21.8. The van der Waals surface area contributed by atoms with Crippen LogP contribution in [0.3, 0.4) is 0 Å². The van der Waals surface area contributed by atoms with Gasteiger partial charge in [-0.15, -0.1) is 0 Å². The Hall–Kier alpha value is -3.85. The van der Waals surface area contributed by atoms with Gasteiger partial charge in [0, 0.05) is 12.5 Å². The van der Waals surface area contributed by atoms with Crippen molar-refractivity contribution in [2.45, 2.75) is 42.5 Å². The fraction of sp³-hybridized carbons (Fsp3) is 0.310. The molecular weight excluding hydrogens is 506 g/mol. The molecule has 0 unspecified atom stereocenters. The summed E-state index contributed by atoms with van der Waals surface area (Å²) in [5.41, 5.74) is 2.09. The van der Waals surface area contributed by atoms with Crippen molar-refractivity contribution in [3.63, 3.8) is 0 Å². The average molecular weight is 538 g/mol. The third-order valence-electron chi connectivity index (χ3n) is 6.73. The molecule has 8 nitrogen and oxygen atoms in total. The standard InChI is InChI=1S/C29H31NO7S/c1-5-37-29(32)26-25(21-13-16-23(35-3)24(17-21)36-4)27(38(33,34)22-14-11-19(2)12-15-22)28(31)30(26)18-20-9-7-6-8-10-20/h6-17,25-27H,5,18H2,1-4H3/t25-,26+,27+/m1/s1. The molecule has 1 saturated heterocycles. The van der Waals surface area contributed by atoms with Gasteiger partial charge in [-0.05, 0) is 49.2 Å². The predicted octanol–water partition coefficient (Wildman–Crippen LogP) is 3.91. The number of hydrogen-bond acceptors (Lipinski definition) is 7. The van der Waals surface area contributed by atoms with Crippen molar-refractivity contribution in [2.24, 2.45) is 0 Å². The van der Waals surface area contributed by atoms with Crippen molar-refractivity contribution < 1.29 is 32.2 Å². The van der Waals surface area contributed by atoms with E-state index in [1.165, 1.54) is 31.3 Å². The van der Waals surface area contributed by atoms with Crippen molar-refractivity contribution in [3.05, 3.63) is 89.5 Å². The summed E-state index contributed by atoms with van der Waals surface area (Å²) in [6, 6.07) is 19.2. The fourth-order valence-electron chi connectivity index (χ4n) is 4.89. The van der Waals surface area contributed by atoms with Gasteiger partial charge in [0.05, 0.1) is 25.7 Å². The van der Waals surface area contributed by atoms with E-state index in [1.54, 1.807) is 37.3 Å². The maximum atomic E-state index is 14.1. The molecule has 0 N–H and O–H groups in total. The molecule has 1 amide bonds. The lowest BCUT2D eigenvalue weighted by Crippen LogP contribution is -2.41. The molecule has 1 fully saturated rings. The highest BCUT2D eigenvalue weighted by Gasteiger charge is 2.58. The van der Waals surface area contributed by atoms with Crippen LogP contribution in [0.25, 0.3) is 0 Å². The second-order valence-electron chi connectivity index (χ2n) is 9.07. The molecule has 3 atom stereocenters. The van der Waals surface area contributed by atoms with Crippen LogP contribution in [0.1, 0.15) is 29.5 Å². The number of aryl methyl sites for hydroxylation is 1. The summed E-state index contributed by atoms with van der Waals surface area (Å²) >= 11 is 0. The van der Waals surface area contributed by atoms with E-state index in [2.05, 4.69) is 0 Å². The monoisotopic (exact) mass is 537 g/mol. The first kappa shape index (κ1) is 27.2. The summed E-state index contributed by atoms with van der Waals surface area (Å²) in [5.74, 6) is -1.60. The van der Waals surface area contributed by atoms with Gasteiger partial charge in [-0.2, -0.15) is 0 Å². The van der Waals surface area contributed by atoms with Gasteiger partial charge < -0.3 is 19.1 Å². The molecule has 3 aromatic rings. The lowest BCUT2D eigenvalue weighted by molar-refractivity contribution is -0.152. The van der Waals surface area contributed by atoms with E-state index in [-0.39, 0.29) is 18.0 Å². The summed E-state index contributed by atoms with van der Waals surface area (Å²) in [7, 11) is -1.26. The van der Waals surface area contributed by atoms with E-state index in [1.807, 2.05) is 37.3 Å². The quantitative estimate of drug-likeness (QED) is 0.382. The lowest BCUT2D eigenvalue weighted by atomic mass is 9.90. The van der Waals surface area contributed by atoms with Crippen LogP contribution in [0.4, 0.5) is 0 Å². The minimum Gasteiger partial charge on any atom is -0.493 e. The van der Waals surface area contributed by atoms with Crippen molar-refractivity contribution in [3.8, 4) is 11.5 Å². The fourth-order valence-corrected chi connectivity index (χ4v) is 6.79. The number of methoxy groups -OCH3 is 2. The molecule has 0 aliphatic carbocycles. The van der Waals surface area contributed by atoms with Crippen molar-refractivity contribution >= 4 is 21.7 Å². The van der Waals surface area contributed by atoms with Gasteiger partial charge in [0.2, 0.25) is 5.91 Å². The van der Waals surface area contributed by atoms with Gasteiger partial charge in [0.1, 0.15) is 6.04 Å². The topological polar surface area (TPSA) is 99.2 Å². The summed E-state index contributed by atoms with van der Waals surface area (Å²) in [6.07, 6.45) is 0. The molecule has 0 bridgehead atoms. The van der Waals surface area contributed by atoms with Crippen molar-refractivity contribution in [1.82, 2.24) is 4.90 Å². The Kier molecular flexibility index (Phi) is 8.06. The maximum Gasteiger partial charge on any atom is 0.329 e. The third-order valence-corrected chi connectivity index (χ3v) is 8.82. The van der Waals surface area contributed by atoms with Gasteiger partial charge >= 0.3 is 5.97 Å². The first-order chi connectivity index (χ1) is 18.2. The molecule has 3 aromatic carbocycles. The second-order valence-corrected chi connectivity index (χ2v) is 11.1. The molecule has 0 spiro atoms. The smallest absolute Gasteiger partial charge is 0.329 e. The van der Waals surface area contributed by atoms with E-state index in [0.717, 1.165) is 11.1 Å². The molecule has 9 heteroatoms. The molecule has 0 saturated carbocycles. The van der Waals surface area contributed by atoms with Crippen LogP contribution in [0, 0.1) is 6.92 Å². The van der Waals surface area contributed by atoms with Crippen LogP contribution in [-0.4, -0.2) is 57.3 Å². The van der Waals surface area contributed by atoms with E-state index < -0.39 is 38.9 Å². The Balaban J connectivity index is 1.93. The third kappa shape index (κ3) is 5.11. The Bertz CT molecular complexity index is 1400. The molecule has 1 aliphatic heterocycles. The Morgan fingerprint density at radius 1 is 0.921 bits per heavy atom. The summed E-state index contributed by atoms with van der Waals surface area (Å²) in [4.78, 5) is 28.8. The summed E-state index contributed by atoms with van der Waals surface area (Å²) in [5, 5.41) is -1.55. The molecule has 4 rings (SSSR count). The van der Waals surface area contributed by atoms with Crippen molar-refractivity contribution in [1.29, 1.82) is 0 Å². The summed E-state index contributed by atoms with van der Waals surface area (Å²) < 4.78 is 44.4. The average Bonchev–Trinajstić information content (AvgIpc) is 3.21. The van der Waals surface area contributed by atoms with E-state index >= 15 is 0 Å². The number of nitrogens with zero attached hydrogens (tertiary/aromatic N) is 1. The molecule has 1 heterocycles. The normalized spacial score (nSPS) is 19.3. The highest BCUT2D eigenvalue weighted by atomic mass is 32.2. The molecule has 0 radical (unpaired) electrons. The van der Waals surface area contributed by atoms with Gasteiger partial charge in [0.25, 0.3) is 0 Å². The van der Waals surface area contributed by atoms with Crippen LogP contribution >= 0.6 is 0 Å². The Morgan fingerprint density at radius 2 is 1.58 bits per heavy atom. The largest absolute Gasteiger partial charge is 0.493 e. The number of carbonyl (C=O) groups is 2. The number of amides is 1. The number of carbonyl (C=O) groups excluding carboxylic acids is 2. The van der Waals surface area contributed by atoms with Gasteiger partial charge in [-0.1, -0.05) is 54.1 Å². The minimum absolute atomic E-state index is 0.0103. The second kappa shape index (κ2) is 11.3. The van der Waals surface area contributed by atoms with E-state index in [0.29, 0.717) is 17.1 Å². The first-order valence-electron chi connectivity index (χ1n) is 12.3. The van der Waals surface area contributed by atoms with Crippen LogP contribution in [-0.2, 0) is 30.7 Å². The molecule has 1 aliphatic rings. The molecule has 200 valence electrons. The van der Waals surface area contributed by atoms with Crippen LogP contribution < -0.4 is 9.47 Å². The lowest BCUT2D eigenvalue weighted by Gasteiger charge is -2.27. The Morgan fingerprint density at radius 3 is 2.18 bits per heavy atom. The number of esters is 1. The van der Waals surface area contributed by atoms with Crippen LogP contribution in [0.5, 0.6) is 11.5 Å². The number of hydrogen-bond donors (Lipinski definition) is 0. The van der Waals surface area contributed by atoms with E-state index in [4.69, 9.17) is 14.2 Å². The predicted molar refractivity (Wildman–Crippen MR) is 142 cm³/mol. The number of likely N-dealkylation sites (tertiary alicyclic amines) is 1. The number of sulfone groups is 1. The SMILES string of the molecule is CCOC(=O)[C@@H]1[C@@H](c2ccc(OC)c(OC)c2)[C@H](S(=O)(=O)c2ccc(C)cc2)C(=O)N1Cc1ccccc1. The number of benzene rings is 3. The van der Waals surface area contributed by atoms with Crippen LogP contribution in [0.15, 0.2) is 77.7 Å². The highest BCUT2D eigenvalue weighted by Crippen LogP contribution is 2.44. The number of ether oxygens (including phenoxy) is 3. The van der Waals surface area contributed by atoms with Crippen molar-refractivity contribution in [2.75, 3.05) is 20.8 Å². The van der Waals surface area contributed by atoms with Gasteiger partial charge in [-0.25, -0.2) is 13.2 Å². The number of rotatable bonds is 9. The van der Waals surface area contributed by atoms with Gasteiger partial charge in [-0.3, -0.25) is 4.79 Å². The zero-order chi connectivity index (χ0) is 27.4. The van der Waals surface area contributed by atoms with Gasteiger partial charge in [0.15, 0.2) is 26.6 Å². The molecular formula is C29H31NO7S. The minimum atomic E-state index is -4.21. The van der Waals surface area contributed by atoms with E-state index in [9.17, 15) is 18.0 Å². The maximum absolute atomic E-state index is 14.1. The zero-order valence-corrected chi connectivity index (χ0v) is 22.6. The molecule has 0 aromatic heterocycles. The van der Waals surface area contributed by atoms with Crippen LogP contribution in [0.2, 0.25) is 0 Å². The first-order valence-corrected chi connectivity index (χ1v) is 13.8. The summed E-state index contributed by atoms with van der Waals surface area (Å²) in [6.45, 7) is 3.65. The Labute approximate surface area is 223 Å².